The number of hydrogen-bond donors (Lipinski definition) is 6. The van der Waals surface area contributed by atoms with Crippen molar-refractivity contribution >= 4 is 29.5 Å². The lowest BCUT2D eigenvalue weighted by Crippen LogP contribution is -2.41. The molecule has 0 aliphatic carbocycles. The molecule has 0 spiro atoms. The van der Waals surface area contributed by atoms with E-state index in [4.69, 9.17) is 5.73 Å². The summed E-state index contributed by atoms with van der Waals surface area (Å²) in [6, 6.07) is -0.150. The number of carbonyl (C=O) groups excluding carboxylic acids is 3. The minimum Gasteiger partial charge on any atom is -0.356 e. The highest BCUT2D eigenvalue weighted by Crippen LogP contribution is 2.39. The van der Waals surface area contributed by atoms with Crippen molar-refractivity contribution in [2.75, 3.05) is 18.8 Å². The number of nitrogens with one attached hydrogen (secondary N) is 5. The molecule has 3 aliphatic rings. The fraction of sp³-hybridized carbons (Fsp3) is 0.857. The predicted molar refractivity (Wildman–Crippen MR) is 122 cm³/mol. The molecule has 10 heteroatoms. The Kier molecular flexibility index (Phi) is 9.00. The molecule has 3 saturated heterocycles. The molecule has 3 amide bonds. The molecular formula is C21H38N6O3S. The van der Waals surface area contributed by atoms with Crippen molar-refractivity contribution in [1.82, 2.24) is 26.8 Å². The van der Waals surface area contributed by atoms with Crippen LogP contribution in [0.3, 0.4) is 0 Å². The van der Waals surface area contributed by atoms with Crippen LogP contribution >= 0.6 is 11.8 Å². The van der Waals surface area contributed by atoms with Gasteiger partial charge in [0.2, 0.25) is 17.7 Å². The molecule has 4 atom stereocenters. The average Bonchev–Trinajstić information content (AvgIpc) is 3.19. The Morgan fingerprint density at radius 1 is 1.19 bits per heavy atom. The summed E-state index contributed by atoms with van der Waals surface area (Å²) in [5.41, 5.74) is 11.9. The Bertz CT molecular complexity index is 645. The summed E-state index contributed by atoms with van der Waals surface area (Å²) in [4.78, 5) is 35.4. The maximum absolute atomic E-state index is 12.1. The van der Waals surface area contributed by atoms with Gasteiger partial charge >= 0.3 is 0 Å². The molecule has 0 radical (unpaired) electrons. The van der Waals surface area contributed by atoms with Crippen molar-refractivity contribution in [3.63, 3.8) is 0 Å². The first-order valence-electron chi connectivity index (χ1n) is 11.6. The van der Waals surface area contributed by atoms with Crippen LogP contribution in [0.15, 0.2) is 0 Å². The van der Waals surface area contributed by atoms with Crippen molar-refractivity contribution in [3.05, 3.63) is 0 Å². The number of rotatable bonds is 14. The summed E-state index contributed by atoms with van der Waals surface area (Å²) in [6.45, 7) is 3.28. The maximum Gasteiger partial charge on any atom is 0.236 e. The summed E-state index contributed by atoms with van der Waals surface area (Å²) in [5.74, 6) is 1.74. The summed E-state index contributed by atoms with van der Waals surface area (Å²) in [6.07, 6.45) is 7.23. The van der Waals surface area contributed by atoms with Crippen LogP contribution in [0.1, 0.15) is 64.7 Å². The van der Waals surface area contributed by atoms with Crippen LogP contribution in [0.4, 0.5) is 0 Å². The quantitative estimate of drug-likeness (QED) is 0.161. The Balaban J connectivity index is 1.14. The Labute approximate surface area is 189 Å². The SMILES string of the molecule is CC1(CCC(=O)NCCCCC(N)C(=O)NCCCCC2SCC3CC(=O)NC32)NN1. The largest absolute Gasteiger partial charge is 0.356 e. The standard InChI is InChI=1S/C21H38N6O3S/c1-21(26-27-21)9-8-17(28)23-10-4-2-6-15(22)20(30)24-11-5-3-7-16-19-14(13-31-16)12-18(29)25-19/h14-16,19,26-27H,2-13,22H2,1H3,(H,23,28)(H,24,30)(H,25,29). The molecule has 0 saturated carbocycles. The van der Waals surface area contributed by atoms with Gasteiger partial charge < -0.3 is 21.7 Å². The number of hydrazine groups is 1. The number of nitrogens with two attached hydrogens (primary N) is 1. The maximum atomic E-state index is 12.1. The van der Waals surface area contributed by atoms with Gasteiger partial charge in [0.15, 0.2) is 0 Å². The van der Waals surface area contributed by atoms with E-state index in [1.807, 2.05) is 18.7 Å². The average molecular weight is 455 g/mol. The highest BCUT2D eigenvalue weighted by atomic mass is 32.2. The van der Waals surface area contributed by atoms with Crippen molar-refractivity contribution in [2.24, 2.45) is 11.7 Å². The van der Waals surface area contributed by atoms with E-state index in [0.717, 1.165) is 44.3 Å². The third-order valence-corrected chi connectivity index (χ3v) is 8.01. The molecule has 31 heavy (non-hydrogen) atoms. The first-order valence-corrected chi connectivity index (χ1v) is 12.7. The van der Waals surface area contributed by atoms with E-state index in [-0.39, 0.29) is 23.4 Å². The minimum absolute atomic E-state index is 0.0561. The van der Waals surface area contributed by atoms with E-state index in [1.165, 1.54) is 0 Å². The number of thioether (sulfide) groups is 1. The molecule has 7 N–H and O–H groups in total. The molecule has 3 rings (SSSR count). The lowest BCUT2D eigenvalue weighted by atomic mass is 9.97. The number of hydrogen-bond acceptors (Lipinski definition) is 7. The fourth-order valence-corrected chi connectivity index (χ4v) is 5.90. The molecule has 9 nitrogen and oxygen atoms in total. The van der Waals surface area contributed by atoms with Gasteiger partial charge in [-0.1, -0.05) is 6.42 Å². The van der Waals surface area contributed by atoms with E-state index in [2.05, 4.69) is 26.8 Å². The molecule has 4 unspecified atom stereocenters. The molecule has 0 aromatic heterocycles. The highest BCUT2D eigenvalue weighted by Gasteiger charge is 2.42. The van der Waals surface area contributed by atoms with Crippen LogP contribution in [0.25, 0.3) is 0 Å². The summed E-state index contributed by atoms with van der Waals surface area (Å²) in [7, 11) is 0. The van der Waals surface area contributed by atoms with E-state index in [0.29, 0.717) is 49.6 Å². The first kappa shape index (κ1) is 24.3. The summed E-state index contributed by atoms with van der Waals surface area (Å²) >= 11 is 1.97. The zero-order valence-electron chi connectivity index (χ0n) is 18.5. The van der Waals surface area contributed by atoms with Crippen molar-refractivity contribution in [2.45, 2.75) is 87.7 Å². The summed E-state index contributed by atoms with van der Waals surface area (Å²) in [5, 5.41) is 9.48. The second kappa shape index (κ2) is 11.5. The van der Waals surface area contributed by atoms with Crippen LogP contribution in [-0.4, -0.2) is 59.6 Å². The van der Waals surface area contributed by atoms with Gasteiger partial charge in [0.1, 0.15) is 0 Å². The zero-order chi connectivity index (χ0) is 22.3. The van der Waals surface area contributed by atoms with Crippen LogP contribution in [0.2, 0.25) is 0 Å². The Hall–Kier alpha value is -1.36. The van der Waals surface area contributed by atoms with Gasteiger partial charge in [-0.05, 0) is 57.1 Å². The van der Waals surface area contributed by atoms with Gasteiger partial charge in [-0.15, -0.1) is 0 Å². The topological polar surface area (TPSA) is 157 Å². The molecule has 0 bridgehead atoms. The Morgan fingerprint density at radius 3 is 2.71 bits per heavy atom. The normalized spacial score (nSPS) is 26.8. The van der Waals surface area contributed by atoms with Gasteiger partial charge in [0, 0.05) is 37.2 Å². The molecule has 176 valence electrons. The molecule has 3 fully saturated rings. The van der Waals surface area contributed by atoms with Gasteiger partial charge in [0.25, 0.3) is 0 Å². The molecule has 0 aromatic rings. The second-order valence-corrected chi connectivity index (χ2v) is 10.5. The highest BCUT2D eigenvalue weighted by molar-refractivity contribution is 8.00. The minimum atomic E-state index is -0.498. The lowest BCUT2D eigenvalue weighted by molar-refractivity contribution is -0.123. The third-order valence-electron chi connectivity index (χ3n) is 6.43. The second-order valence-electron chi connectivity index (χ2n) is 9.25. The lowest BCUT2D eigenvalue weighted by Gasteiger charge is -2.18. The van der Waals surface area contributed by atoms with Crippen LogP contribution in [0, 0.1) is 5.92 Å². The van der Waals surface area contributed by atoms with E-state index < -0.39 is 6.04 Å². The summed E-state index contributed by atoms with van der Waals surface area (Å²) < 4.78 is 0. The van der Waals surface area contributed by atoms with Crippen LogP contribution in [0.5, 0.6) is 0 Å². The predicted octanol–water partition coefficient (Wildman–Crippen LogP) is 0.111. The number of fused-ring (bicyclic) bond motifs is 1. The zero-order valence-corrected chi connectivity index (χ0v) is 19.3. The van der Waals surface area contributed by atoms with E-state index in [1.54, 1.807) is 0 Å². The van der Waals surface area contributed by atoms with Crippen LogP contribution in [-0.2, 0) is 14.4 Å². The monoisotopic (exact) mass is 454 g/mol. The third kappa shape index (κ3) is 7.93. The van der Waals surface area contributed by atoms with Gasteiger partial charge in [-0.2, -0.15) is 11.8 Å². The molecular weight excluding hydrogens is 416 g/mol. The van der Waals surface area contributed by atoms with E-state index >= 15 is 0 Å². The van der Waals surface area contributed by atoms with Crippen molar-refractivity contribution in [1.29, 1.82) is 0 Å². The van der Waals surface area contributed by atoms with Gasteiger partial charge in [-0.25, -0.2) is 10.9 Å². The number of carbonyl (C=O) groups is 3. The number of amides is 3. The van der Waals surface area contributed by atoms with Crippen LogP contribution < -0.4 is 32.5 Å². The van der Waals surface area contributed by atoms with Crippen molar-refractivity contribution in [3.8, 4) is 0 Å². The first-order chi connectivity index (χ1) is 14.9. The van der Waals surface area contributed by atoms with Gasteiger partial charge in [-0.3, -0.25) is 14.4 Å². The molecule has 3 heterocycles. The smallest absolute Gasteiger partial charge is 0.236 e. The molecule has 0 aromatic carbocycles. The Morgan fingerprint density at radius 2 is 1.94 bits per heavy atom. The molecule has 3 aliphatic heterocycles. The van der Waals surface area contributed by atoms with Gasteiger partial charge in [0.05, 0.1) is 11.7 Å². The van der Waals surface area contributed by atoms with Crippen molar-refractivity contribution < 1.29 is 14.4 Å². The van der Waals surface area contributed by atoms with E-state index in [9.17, 15) is 14.4 Å². The fourth-order valence-electron chi connectivity index (χ4n) is 4.25. The number of unbranched alkanes of at least 4 members (excludes halogenated alkanes) is 2.